The maximum absolute atomic E-state index is 5.65. The molecule has 0 fully saturated rings. The highest BCUT2D eigenvalue weighted by molar-refractivity contribution is 6.15. The molecule has 0 aliphatic rings. The van der Waals surface area contributed by atoms with Crippen LogP contribution in [0.15, 0.2) is 243 Å². The molecule has 0 aliphatic heterocycles. The molecule has 4 heteroatoms. The topological polar surface area (TPSA) is 51.6 Å². The Morgan fingerprint density at radius 1 is 0.250 bits per heavy atom. The van der Waals surface area contributed by atoms with Gasteiger partial charge in [-0.3, -0.25) is 0 Å². The highest BCUT2D eigenvalue weighted by Crippen LogP contribution is 2.42. The number of fused-ring (bicyclic) bond motifs is 6. The van der Waals surface area contributed by atoms with Crippen molar-refractivity contribution in [1.82, 2.24) is 19.9 Å². The molecular formula is C72H50N4. The molecule has 0 aliphatic carbocycles. The fourth-order valence-electron chi connectivity index (χ4n) is 10.7. The normalized spacial score (nSPS) is 11.7. The van der Waals surface area contributed by atoms with Crippen molar-refractivity contribution in [3.63, 3.8) is 0 Å². The molecular weight excluding hydrogens is 921 g/mol. The van der Waals surface area contributed by atoms with Crippen LogP contribution in [-0.4, -0.2) is 19.9 Å². The molecule has 4 heterocycles. The van der Waals surface area contributed by atoms with Crippen molar-refractivity contribution in [2.24, 2.45) is 0 Å². The van der Waals surface area contributed by atoms with Crippen molar-refractivity contribution in [1.29, 1.82) is 0 Å². The van der Waals surface area contributed by atoms with Crippen LogP contribution in [0.3, 0.4) is 0 Å². The van der Waals surface area contributed by atoms with Gasteiger partial charge >= 0.3 is 0 Å². The van der Waals surface area contributed by atoms with Crippen molar-refractivity contribution in [3.05, 3.63) is 276 Å². The van der Waals surface area contributed by atoms with Crippen LogP contribution in [-0.2, 0) is 0 Å². The van der Waals surface area contributed by atoms with E-state index in [0.717, 1.165) is 144 Å². The zero-order valence-electron chi connectivity index (χ0n) is 42.2. The third kappa shape index (κ3) is 8.82. The van der Waals surface area contributed by atoms with E-state index in [0.29, 0.717) is 0 Å². The first-order valence-electron chi connectivity index (χ1n) is 25.9. The van der Waals surface area contributed by atoms with E-state index in [2.05, 4.69) is 269 Å². The molecule has 13 aromatic rings. The lowest BCUT2D eigenvalue weighted by molar-refractivity contribution is 1.30. The average molecular weight is 971 g/mol. The molecule has 0 amide bonds. The standard InChI is InChI=1S/C72H50N4/c1-47-41-62(68-46-66(54-31-19-8-20-32-54)60-40-38-58-64(52-27-15-6-16-28-52)44-56(74-70(58)72(60)76-68)36-34-50-23-11-4-12-24-50)48(2)42-61(47)67-45-65(53-29-17-7-18-30-53)59-39-37-57-63(51-25-13-5-14-26-51)43-55(73-69(57)71(59)75-67)35-33-49-21-9-3-10-22-49/h3-46H,1-2H3/b35-33+,36-34+. The zero-order chi connectivity index (χ0) is 51.0. The van der Waals surface area contributed by atoms with Gasteiger partial charge in [-0.05, 0) is 129 Å². The van der Waals surface area contributed by atoms with Gasteiger partial charge in [-0.1, -0.05) is 218 Å². The minimum atomic E-state index is 0.859. The van der Waals surface area contributed by atoms with Crippen molar-refractivity contribution < 1.29 is 0 Å². The second-order valence-electron chi connectivity index (χ2n) is 19.4. The number of hydrogen-bond donors (Lipinski definition) is 0. The van der Waals surface area contributed by atoms with Gasteiger partial charge in [0.2, 0.25) is 0 Å². The lowest BCUT2D eigenvalue weighted by atomic mass is 9.91. The van der Waals surface area contributed by atoms with Crippen LogP contribution < -0.4 is 0 Å². The number of benzene rings is 9. The minimum absolute atomic E-state index is 0.859. The maximum Gasteiger partial charge on any atom is 0.0978 e. The molecule has 0 spiro atoms. The number of rotatable bonds is 10. The van der Waals surface area contributed by atoms with Gasteiger partial charge in [0.1, 0.15) is 0 Å². The maximum atomic E-state index is 5.65. The molecule has 0 atom stereocenters. The van der Waals surface area contributed by atoms with E-state index in [1.807, 2.05) is 12.1 Å². The van der Waals surface area contributed by atoms with Crippen molar-refractivity contribution in [2.45, 2.75) is 13.8 Å². The van der Waals surface area contributed by atoms with Crippen LogP contribution >= 0.6 is 0 Å². The predicted molar refractivity (Wildman–Crippen MR) is 320 cm³/mol. The second-order valence-corrected chi connectivity index (χ2v) is 19.4. The highest BCUT2D eigenvalue weighted by Gasteiger charge is 2.21. The summed E-state index contributed by atoms with van der Waals surface area (Å²) in [6.07, 6.45) is 8.49. The summed E-state index contributed by atoms with van der Waals surface area (Å²) in [5, 5.41) is 4.20. The number of aryl methyl sites for hydroxylation is 2. The van der Waals surface area contributed by atoms with Crippen molar-refractivity contribution >= 4 is 67.9 Å². The molecule has 0 unspecified atom stereocenters. The van der Waals surface area contributed by atoms with E-state index in [1.165, 1.54) is 0 Å². The van der Waals surface area contributed by atoms with Crippen LogP contribution in [0.1, 0.15) is 33.6 Å². The molecule has 4 nitrogen and oxygen atoms in total. The number of nitrogens with zero attached hydrogens (tertiary/aromatic N) is 4. The monoisotopic (exact) mass is 970 g/mol. The Morgan fingerprint density at radius 3 is 0.842 bits per heavy atom. The largest absolute Gasteiger partial charge is 0.246 e. The molecule has 76 heavy (non-hydrogen) atoms. The summed E-state index contributed by atoms with van der Waals surface area (Å²) in [5.74, 6) is 0. The summed E-state index contributed by atoms with van der Waals surface area (Å²) in [7, 11) is 0. The summed E-state index contributed by atoms with van der Waals surface area (Å²) in [4.78, 5) is 22.2. The van der Waals surface area contributed by atoms with Crippen LogP contribution in [0, 0.1) is 13.8 Å². The van der Waals surface area contributed by atoms with Crippen LogP contribution in [0.25, 0.3) is 135 Å². The first-order chi connectivity index (χ1) is 37.5. The molecule has 0 bridgehead atoms. The molecule has 9 aromatic carbocycles. The number of aromatic nitrogens is 4. The van der Waals surface area contributed by atoms with Crippen LogP contribution in [0.2, 0.25) is 0 Å². The van der Waals surface area contributed by atoms with E-state index in [4.69, 9.17) is 19.9 Å². The van der Waals surface area contributed by atoms with E-state index in [9.17, 15) is 0 Å². The van der Waals surface area contributed by atoms with Crippen molar-refractivity contribution in [3.8, 4) is 67.0 Å². The summed E-state index contributed by atoms with van der Waals surface area (Å²) in [6.45, 7) is 4.39. The van der Waals surface area contributed by atoms with E-state index >= 15 is 0 Å². The Balaban J connectivity index is 1.02. The summed E-state index contributed by atoms with van der Waals surface area (Å²) in [6, 6.07) is 85.7. The van der Waals surface area contributed by atoms with E-state index in [1.54, 1.807) is 0 Å². The Labute approximate surface area is 442 Å². The van der Waals surface area contributed by atoms with Gasteiger partial charge in [-0.2, -0.15) is 0 Å². The minimum Gasteiger partial charge on any atom is -0.246 e. The van der Waals surface area contributed by atoms with Gasteiger partial charge in [-0.15, -0.1) is 0 Å². The van der Waals surface area contributed by atoms with Gasteiger partial charge in [-0.25, -0.2) is 19.9 Å². The zero-order valence-corrected chi connectivity index (χ0v) is 42.2. The van der Waals surface area contributed by atoms with E-state index < -0.39 is 0 Å². The summed E-state index contributed by atoms with van der Waals surface area (Å²) in [5.41, 5.74) is 22.4. The van der Waals surface area contributed by atoms with Crippen molar-refractivity contribution in [2.75, 3.05) is 0 Å². The summed E-state index contributed by atoms with van der Waals surface area (Å²) < 4.78 is 0. The quantitative estimate of drug-likeness (QED) is 0.128. The molecule has 13 rings (SSSR count). The molecule has 0 saturated carbocycles. The Kier molecular flexibility index (Phi) is 12.0. The number of hydrogen-bond acceptors (Lipinski definition) is 4. The molecule has 0 radical (unpaired) electrons. The first kappa shape index (κ1) is 45.9. The lowest BCUT2D eigenvalue weighted by Crippen LogP contribution is -1.98. The molecule has 358 valence electrons. The molecule has 0 N–H and O–H groups in total. The average Bonchev–Trinajstić information content (AvgIpc) is 3.56. The second kappa shape index (κ2) is 19.8. The third-order valence-corrected chi connectivity index (χ3v) is 14.5. The van der Waals surface area contributed by atoms with Gasteiger partial charge in [0.15, 0.2) is 0 Å². The van der Waals surface area contributed by atoms with Gasteiger partial charge in [0, 0.05) is 32.7 Å². The smallest absolute Gasteiger partial charge is 0.0978 e. The number of pyridine rings is 4. The lowest BCUT2D eigenvalue weighted by Gasteiger charge is -2.18. The Morgan fingerprint density at radius 2 is 0.526 bits per heavy atom. The van der Waals surface area contributed by atoms with Crippen LogP contribution in [0.4, 0.5) is 0 Å². The molecule has 4 aromatic heterocycles. The Hall–Kier alpha value is -9.90. The third-order valence-electron chi connectivity index (χ3n) is 14.5. The van der Waals surface area contributed by atoms with Crippen LogP contribution in [0.5, 0.6) is 0 Å². The van der Waals surface area contributed by atoms with E-state index in [-0.39, 0.29) is 0 Å². The highest BCUT2D eigenvalue weighted by atomic mass is 14.8. The van der Waals surface area contributed by atoms with Gasteiger partial charge in [0.05, 0.1) is 44.8 Å². The van der Waals surface area contributed by atoms with Gasteiger partial charge < -0.3 is 0 Å². The predicted octanol–water partition coefficient (Wildman–Crippen LogP) is 18.8. The fraction of sp³-hybridized carbons (Fsp3) is 0.0278. The summed E-state index contributed by atoms with van der Waals surface area (Å²) >= 11 is 0. The SMILES string of the molecule is Cc1cc(-c2cc(-c3ccccc3)c3ccc4c(-c5ccccc5)cc(/C=C/c5ccccc5)nc4c3n2)c(C)cc1-c1cc(-c2ccccc2)c2ccc3c(-c4ccccc4)cc(/C=C/c4ccccc4)nc3c2n1. The molecule has 0 saturated heterocycles. The fourth-order valence-corrected chi connectivity index (χ4v) is 10.7. The van der Waals surface area contributed by atoms with Gasteiger partial charge in [0.25, 0.3) is 0 Å². The first-order valence-corrected chi connectivity index (χ1v) is 25.9. The Bertz CT molecular complexity index is 4080.